The molecule has 2 fully saturated rings. The molecule has 6 nitrogen and oxygen atoms in total. The van der Waals surface area contributed by atoms with Crippen molar-refractivity contribution in [1.82, 2.24) is 9.97 Å². The van der Waals surface area contributed by atoms with Crippen molar-refractivity contribution in [1.29, 1.82) is 0 Å². The zero-order chi connectivity index (χ0) is 17.8. The van der Waals surface area contributed by atoms with Gasteiger partial charge in [-0.25, -0.2) is 9.97 Å². The molecule has 6 rings (SSSR count). The normalized spacial score (nSPS) is 20.1. The third-order valence-corrected chi connectivity index (χ3v) is 7.28. The number of nitrogens with zero attached hydrogens (tertiary/aromatic N) is 4. The summed E-state index contributed by atoms with van der Waals surface area (Å²) >= 11 is 1.81. The molecule has 0 atom stereocenters. The fourth-order valence-electron chi connectivity index (χ4n) is 4.91. The number of thiophene rings is 1. The average Bonchev–Trinajstić information content (AvgIpc) is 3.45. The van der Waals surface area contributed by atoms with Crippen molar-refractivity contribution in [2.45, 2.75) is 32.1 Å². The van der Waals surface area contributed by atoms with Gasteiger partial charge >= 0.3 is 0 Å². The molecule has 1 aliphatic carbocycles. The monoisotopic (exact) mass is 382 g/mol. The van der Waals surface area contributed by atoms with E-state index in [1.165, 1.54) is 52.1 Å². The SMILES string of the molecule is c1nc2c(sc3nc(N4CCOCC4)c4c(c32)CCC4)c(N2CCCC2)[nH+]1. The van der Waals surface area contributed by atoms with Gasteiger partial charge < -0.3 is 9.64 Å². The van der Waals surface area contributed by atoms with E-state index in [9.17, 15) is 0 Å². The molecule has 3 aliphatic rings. The van der Waals surface area contributed by atoms with Gasteiger partial charge in [0, 0.05) is 13.1 Å². The summed E-state index contributed by atoms with van der Waals surface area (Å²) in [5.41, 5.74) is 4.11. The Labute approximate surface area is 162 Å². The van der Waals surface area contributed by atoms with Gasteiger partial charge in [0.15, 0.2) is 5.52 Å². The number of hydrogen-bond acceptors (Lipinski definition) is 6. The number of aromatic nitrogens is 3. The van der Waals surface area contributed by atoms with Crippen LogP contribution in [-0.4, -0.2) is 49.4 Å². The lowest BCUT2D eigenvalue weighted by molar-refractivity contribution is -0.366. The minimum Gasteiger partial charge on any atom is -0.378 e. The minimum atomic E-state index is 0.802. The van der Waals surface area contributed by atoms with E-state index < -0.39 is 0 Å². The predicted molar refractivity (Wildman–Crippen MR) is 108 cm³/mol. The molecule has 0 saturated carbocycles. The van der Waals surface area contributed by atoms with E-state index in [4.69, 9.17) is 14.7 Å². The zero-order valence-electron chi connectivity index (χ0n) is 15.5. The standard InChI is InChI=1S/C20H23N5OS/c1-2-7-24(6-1)19-17-16(21-12-22-19)15-13-4-3-5-14(13)18(23-20(15)27-17)25-8-10-26-11-9-25/h12H,1-11H2/p+1. The van der Waals surface area contributed by atoms with Gasteiger partial charge in [-0.05, 0) is 43.2 Å². The smallest absolute Gasteiger partial charge is 0.242 e. The number of morpholine rings is 1. The quantitative estimate of drug-likeness (QED) is 0.682. The first-order valence-electron chi connectivity index (χ1n) is 10.1. The number of hydrogen-bond donors (Lipinski definition) is 0. The highest BCUT2D eigenvalue weighted by Crippen LogP contribution is 2.43. The molecular weight excluding hydrogens is 358 g/mol. The van der Waals surface area contributed by atoms with Gasteiger partial charge in [-0.15, -0.1) is 16.3 Å². The number of nitrogens with one attached hydrogen (secondary N) is 1. The van der Waals surface area contributed by atoms with E-state index in [1.54, 1.807) is 0 Å². The van der Waals surface area contributed by atoms with Gasteiger partial charge in [0.2, 0.25) is 12.1 Å². The summed E-state index contributed by atoms with van der Waals surface area (Å²) in [6.45, 7) is 5.76. The van der Waals surface area contributed by atoms with Crippen LogP contribution in [0.15, 0.2) is 6.33 Å². The van der Waals surface area contributed by atoms with Crippen LogP contribution in [0.25, 0.3) is 20.4 Å². The molecule has 0 aromatic carbocycles. The van der Waals surface area contributed by atoms with Gasteiger partial charge in [0.1, 0.15) is 15.3 Å². The maximum absolute atomic E-state index is 5.56. The predicted octanol–water partition coefficient (Wildman–Crippen LogP) is 2.58. The second-order valence-corrected chi connectivity index (χ2v) is 8.75. The molecule has 0 amide bonds. The fraction of sp³-hybridized carbons (Fsp3) is 0.550. The van der Waals surface area contributed by atoms with Crippen LogP contribution in [0.1, 0.15) is 30.4 Å². The fourth-order valence-corrected chi connectivity index (χ4v) is 6.09. The van der Waals surface area contributed by atoms with Crippen molar-refractivity contribution in [2.75, 3.05) is 49.2 Å². The third kappa shape index (κ3) is 2.44. The largest absolute Gasteiger partial charge is 0.378 e. The van der Waals surface area contributed by atoms with Crippen molar-refractivity contribution in [3.8, 4) is 0 Å². The molecule has 1 N–H and O–H groups in total. The molecular formula is C20H24N5OS+. The van der Waals surface area contributed by atoms with Crippen molar-refractivity contribution in [3.05, 3.63) is 17.5 Å². The Hall–Kier alpha value is -1.99. The first kappa shape index (κ1) is 16.0. The summed E-state index contributed by atoms with van der Waals surface area (Å²) in [4.78, 5) is 19.5. The maximum Gasteiger partial charge on any atom is 0.242 e. The van der Waals surface area contributed by atoms with Crippen LogP contribution in [-0.2, 0) is 17.6 Å². The van der Waals surface area contributed by atoms with Crippen LogP contribution < -0.4 is 14.8 Å². The Morgan fingerprint density at radius 3 is 2.63 bits per heavy atom. The molecule has 0 spiro atoms. The first-order chi connectivity index (χ1) is 13.4. The van der Waals surface area contributed by atoms with Crippen LogP contribution >= 0.6 is 11.3 Å². The van der Waals surface area contributed by atoms with E-state index in [0.717, 1.165) is 62.6 Å². The number of pyridine rings is 1. The summed E-state index contributed by atoms with van der Waals surface area (Å²) < 4.78 is 6.84. The lowest BCUT2D eigenvalue weighted by atomic mass is 10.1. The number of rotatable bonds is 2. The Balaban J connectivity index is 1.59. The van der Waals surface area contributed by atoms with Crippen molar-refractivity contribution in [3.63, 3.8) is 0 Å². The Kier molecular flexibility index (Phi) is 3.72. The summed E-state index contributed by atoms with van der Waals surface area (Å²) in [6, 6.07) is 0. The van der Waals surface area contributed by atoms with Crippen LogP contribution in [0.5, 0.6) is 0 Å². The van der Waals surface area contributed by atoms with E-state index in [0.29, 0.717) is 0 Å². The molecule has 140 valence electrons. The minimum absolute atomic E-state index is 0.802. The Morgan fingerprint density at radius 2 is 1.78 bits per heavy atom. The van der Waals surface area contributed by atoms with Crippen LogP contribution in [0, 0.1) is 0 Å². The molecule has 0 bridgehead atoms. The number of aryl methyl sites for hydroxylation is 1. The summed E-state index contributed by atoms with van der Waals surface area (Å²) in [7, 11) is 0. The molecule has 27 heavy (non-hydrogen) atoms. The molecule has 5 heterocycles. The highest BCUT2D eigenvalue weighted by Gasteiger charge is 2.30. The molecule has 2 saturated heterocycles. The molecule has 2 aliphatic heterocycles. The van der Waals surface area contributed by atoms with Gasteiger partial charge in [-0.3, -0.25) is 4.90 Å². The van der Waals surface area contributed by atoms with E-state index in [-0.39, 0.29) is 0 Å². The molecule has 3 aromatic heterocycles. The molecule has 3 aromatic rings. The number of ether oxygens (including phenoxy) is 1. The molecule has 0 radical (unpaired) electrons. The topological polar surface area (TPSA) is 55.6 Å². The summed E-state index contributed by atoms with van der Waals surface area (Å²) in [5, 5.41) is 1.31. The van der Waals surface area contributed by atoms with Gasteiger partial charge in [0.05, 0.1) is 31.7 Å². The average molecular weight is 383 g/mol. The maximum atomic E-state index is 5.56. The van der Waals surface area contributed by atoms with Crippen LogP contribution in [0.3, 0.4) is 0 Å². The lowest BCUT2D eigenvalue weighted by Crippen LogP contribution is -2.37. The summed E-state index contributed by atoms with van der Waals surface area (Å²) in [6.07, 6.45) is 7.94. The second kappa shape index (κ2) is 6.27. The first-order valence-corrected chi connectivity index (χ1v) is 10.9. The highest BCUT2D eigenvalue weighted by atomic mass is 32.1. The number of aromatic amines is 1. The lowest BCUT2D eigenvalue weighted by Gasteiger charge is -2.29. The van der Waals surface area contributed by atoms with Crippen molar-refractivity contribution < 1.29 is 9.72 Å². The van der Waals surface area contributed by atoms with Gasteiger partial charge in [0.25, 0.3) is 0 Å². The van der Waals surface area contributed by atoms with Gasteiger partial charge in [-0.2, -0.15) is 0 Å². The number of H-pyrrole nitrogens is 1. The van der Waals surface area contributed by atoms with E-state index in [2.05, 4.69) is 14.8 Å². The van der Waals surface area contributed by atoms with Gasteiger partial charge in [-0.1, -0.05) is 0 Å². The third-order valence-electron chi connectivity index (χ3n) is 6.20. The molecule has 0 unspecified atom stereocenters. The van der Waals surface area contributed by atoms with Crippen LogP contribution in [0.4, 0.5) is 11.6 Å². The number of anilines is 2. The van der Waals surface area contributed by atoms with Crippen LogP contribution in [0.2, 0.25) is 0 Å². The zero-order valence-corrected chi connectivity index (χ0v) is 16.3. The van der Waals surface area contributed by atoms with Crippen molar-refractivity contribution in [2.24, 2.45) is 0 Å². The second-order valence-electron chi connectivity index (χ2n) is 7.75. The molecule has 7 heteroatoms. The Morgan fingerprint density at radius 1 is 0.963 bits per heavy atom. The van der Waals surface area contributed by atoms with E-state index in [1.807, 2.05) is 17.7 Å². The highest BCUT2D eigenvalue weighted by molar-refractivity contribution is 7.26. The number of fused-ring (bicyclic) bond motifs is 5. The van der Waals surface area contributed by atoms with E-state index >= 15 is 0 Å². The van der Waals surface area contributed by atoms with Crippen molar-refractivity contribution >= 4 is 43.4 Å². The summed E-state index contributed by atoms with van der Waals surface area (Å²) in [5.74, 6) is 2.44. The Bertz CT molecular complexity index is 1020.